The van der Waals surface area contributed by atoms with Crippen LogP contribution in [0.3, 0.4) is 0 Å². The van der Waals surface area contributed by atoms with Crippen LogP contribution in [0, 0.1) is 17.8 Å². The summed E-state index contributed by atoms with van der Waals surface area (Å²) in [6.07, 6.45) is -6.60. The van der Waals surface area contributed by atoms with Crippen LogP contribution < -0.4 is 10.1 Å². The minimum atomic E-state index is -1.80. The van der Waals surface area contributed by atoms with E-state index in [1.54, 1.807) is 41.9 Å². The van der Waals surface area contributed by atoms with Crippen molar-refractivity contribution in [2.24, 2.45) is 17.8 Å². The van der Waals surface area contributed by atoms with Gasteiger partial charge in [0.1, 0.15) is 40.9 Å². The number of aliphatic hydroxyl groups excluding tert-OH is 2. The van der Waals surface area contributed by atoms with Crippen LogP contribution in [0.5, 0.6) is 5.75 Å². The summed E-state index contributed by atoms with van der Waals surface area (Å²) in [5.74, 6) is -1.80. The number of nitrogens with zero attached hydrogens (tertiary/aromatic N) is 1. The molecule has 4 fully saturated rings. The molecule has 338 valence electrons. The molecule has 0 aliphatic carbocycles. The second-order valence-corrected chi connectivity index (χ2v) is 18.5. The second kappa shape index (κ2) is 19.2. The Labute approximate surface area is 351 Å². The Hall–Kier alpha value is -1.99. The van der Waals surface area contributed by atoms with Gasteiger partial charge in [0, 0.05) is 38.1 Å². The number of hydrogen-bond donors (Lipinski definition) is 5. The highest BCUT2D eigenvalue weighted by molar-refractivity contribution is 5.73. The molecule has 4 aliphatic heterocycles. The van der Waals surface area contributed by atoms with Gasteiger partial charge >= 0.3 is 5.97 Å². The zero-order chi connectivity index (χ0) is 43.7. The number of likely N-dealkylation sites (N-methyl/N-ethyl adjacent to an activating group) is 1. The van der Waals surface area contributed by atoms with Crippen LogP contribution in [0.15, 0.2) is 24.3 Å². The van der Waals surface area contributed by atoms with Gasteiger partial charge in [-0.05, 0) is 98.0 Å². The van der Waals surface area contributed by atoms with Crippen LogP contribution >= 0.6 is 0 Å². The summed E-state index contributed by atoms with van der Waals surface area (Å²) in [5.41, 5.74) is -3.72. The fraction of sp³-hybridized carbons (Fsp3) is 0.841. The molecule has 15 nitrogen and oxygen atoms in total. The molecule has 0 bridgehead atoms. The zero-order valence-corrected chi connectivity index (χ0v) is 37.4. The Morgan fingerprint density at radius 3 is 2.24 bits per heavy atom. The van der Waals surface area contributed by atoms with Gasteiger partial charge < -0.3 is 63.6 Å². The molecule has 1 spiro atoms. The lowest BCUT2D eigenvalue weighted by Crippen LogP contribution is -2.61. The summed E-state index contributed by atoms with van der Waals surface area (Å²) in [6.45, 7) is 17.8. The molecule has 1 aromatic carbocycles. The standard InChI is InChI=1S/C44H74N2O13/c1-13-33-43(9,51)37(48)28(5)45-22-25(2)20-41(7,50)38(59-40-35(47)32(18-19-54-40)46(10)23-30-14-16-31(52-11)17-15-30)26(3)36(27(4)39(49)57-33)58-34-21-42(8,53-12)44(24-55-44)29(6)56-34/h14-17,25-29,32-38,40,45,47-48,50-51H,13,18-24H2,1-12H3/t25-,26+,27-,28-,29+,32+,33-,34+,35-,36+,37-,38-,40+,41-,42-,43-,44+/m1/s1. The molecule has 59 heavy (non-hydrogen) atoms. The number of cyclic esters (lactones) is 1. The number of esters is 1. The lowest BCUT2D eigenvalue weighted by Gasteiger charge is -2.49. The maximum atomic E-state index is 14.3. The van der Waals surface area contributed by atoms with E-state index in [1.807, 2.05) is 59.0 Å². The Kier molecular flexibility index (Phi) is 15.6. The van der Waals surface area contributed by atoms with Gasteiger partial charge in [0.15, 0.2) is 12.6 Å². The molecule has 0 unspecified atom stereocenters. The summed E-state index contributed by atoms with van der Waals surface area (Å²) >= 11 is 0. The predicted molar refractivity (Wildman–Crippen MR) is 218 cm³/mol. The van der Waals surface area contributed by atoms with Crippen LogP contribution in [-0.2, 0) is 44.5 Å². The van der Waals surface area contributed by atoms with Crippen molar-refractivity contribution in [2.75, 3.05) is 41.0 Å². The van der Waals surface area contributed by atoms with Crippen molar-refractivity contribution in [1.29, 1.82) is 0 Å². The van der Waals surface area contributed by atoms with Crippen molar-refractivity contribution >= 4 is 5.97 Å². The van der Waals surface area contributed by atoms with E-state index in [4.69, 9.17) is 37.9 Å². The summed E-state index contributed by atoms with van der Waals surface area (Å²) in [4.78, 5) is 16.4. The molecule has 0 radical (unpaired) electrons. The topological polar surface area (TPSA) is 190 Å². The van der Waals surface area contributed by atoms with Crippen LogP contribution in [0.2, 0.25) is 0 Å². The molecule has 4 heterocycles. The van der Waals surface area contributed by atoms with Gasteiger partial charge in [0.05, 0.1) is 50.2 Å². The smallest absolute Gasteiger partial charge is 0.311 e. The largest absolute Gasteiger partial charge is 0.497 e. The lowest BCUT2D eigenvalue weighted by molar-refractivity contribution is -0.309. The predicted octanol–water partition coefficient (Wildman–Crippen LogP) is 3.16. The van der Waals surface area contributed by atoms with Gasteiger partial charge in [-0.15, -0.1) is 0 Å². The van der Waals surface area contributed by atoms with Gasteiger partial charge in [0.2, 0.25) is 0 Å². The SMILES string of the molecule is CC[C@H]1OC(=O)[C@H](C)[C@@H](O[C@H]2C[C@@](C)(OC)[C@]3(CO3)[C@H](C)O2)[C@H](C)[C@@H](O[C@@H]2OCC[C@H](N(C)Cc3ccc(OC)cc3)[C@H]2O)[C@](C)(O)C[C@@H](C)CN[C@H](C)[C@@H](O)[C@]1(C)O. The highest BCUT2D eigenvalue weighted by atomic mass is 16.7. The summed E-state index contributed by atoms with van der Waals surface area (Å²) in [5, 5.41) is 51.0. The minimum Gasteiger partial charge on any atom is -0.497 e. The van der Waals surface area contributed by atoms with E-state index in [-0.39, 0.29) is 31.2 Å². The van der Waals surface area contributed by atoms with Gasteiger partial charge in [-0.1, -0.05) is 32.9 Å². The third-order valence-corrected chi connectivity index (χ3v) is 13.9. The number of epoxide rings is 1. The van der Waals surface area contributed by atoms with Crippen molar-refractivity contribution in [3.8, 4) is 5.75 Å². The van der Waals surface area contributed by atoms with E-state index in [2.05, 4.69) is 10.2 Å². The number of rotatable bonds is 10. The van der Waals surface area contributed by atoms with E-state index in [1.165, 1.54) is 6.92 Å². The Bertz CT molecular complexity index is 1510. The number of hydrogen-bond acceptors (Lipinski definition) is 15. The number of aliphatic hydroxyl groups is 4. The highest BCUT2D eigenvalue weighted by Crippen LogP contribution is 2.51. The Morgan fingerprint density at radius 2 is 1.64 bits per heavy atom. The average molecular weight is 839 g/mol. The van der Waals surface area contributed by atoms with E-state index in [0.29, 0.717) is 32.7 Å². The maximum absolute atomic E-state index is 14.3. The fourth-order valence-corrected chi connectivity index (χ4v) is 9.87. The first-order chi connectivity index (χ1) is 27.6. The number of benzene rings is 1. The third kappa shape index (κ3) is 10.3. The zero-order valence-electron chi connectivity index (χ0n) is 37.4. The van der Waals surface area contributed by atoms with E-state index < -0.39 is 95.5 Å². The highest BCUT2D eigenvalue weighted by Gasteiger charge is 2.67. The molecule has 5 rings (SSSR count). The van der Waals surface area contributed by atoms with Crippen molar-refractivity contribution in [3.05, 3.63) is 29.8 Å². The van der Waals surface area contributed by atoms with Gasteiger partial charge in [-0.3, -0.25) is 9.69 Å². The monoisotopic (exact) mass is 839 g/mol. The molecule has 0 aromatic heterocycles. The molecule has 4 aliphatic rings. The summed E-state index contributed by atoms with van der Waals surface area (Å²) in [7, 11) is 5.20. The molecule has 17 atom stereocenters. The van der Waals surface area contributed by atoms with Crippen LogP contribution in [0.4, 0.5) is 0 Å². The quantitative estimate of drug-likeness (QED) is 0.171. The third-order valence-electron chi connectivity index (χ3n) is 13.9. The van der Waals surface area contributed by atoms with E-state index >= 15 is 0 Å². The van der Waals surface area contributed by atoms with E-state index in [0.717, 1.165) is 11.3 Å². The molecular formula is C44H74N2O13. The first-order valence-corrected chi connectivity index (χ1v) is 21.5. The second-order valence-electron chi connectivity index (χ2n) is 18.5. The molecule has 5 N–H and O–H groups in total. The molecular weight excluding hydrogens is 764 g/mol. The lowest BCUT2D eigenvalue weighted by atomic mass is 9.77. The average Bonchev–Trinajstić information content (AvgIpc) is 4.01. The summed E-state index contributed by atoms with van der Waals surface area (Å²) < 4.78 is 49.7. The van der Waals surface area contributed by atoms with Crippen LogP contribution in [-0.4, -0.2) is 156 Å². The van der Waals surface area contributed by atoms with E-state index in [9.17, 15) is 25.2 Å². The number of nitrogens with one attached hydrogen (secondary N) is 1. The minimum absolute atomic E-state index is 0.162. The van der Waals surface area contributed by atoms with Crippen molar-refractivity contribution in [3.63, 3.8) is 0 Å². The first kappa shape index (κ1) is 48.0. The van der Waals surface area contributed by atoms with Crippen molar-refractivity contribution < 1.29 is 63.1 Å². The number of carbonyl (C=O) groups excluding carboxylic acids is 1. The fourth-order valence-electron chi connectivity index (χ4n) is 9.87. The first-order valence-electron chi connectivity index (χ1n) is 21.5. The Balaban J connectivity index is 1.50. The van der Waals surface area contributed by atoms with Gasteiger partial charge in [0.25, 0.3) is 0 Å². The molecule has 4 saturated heterocycles. The molecule has 15 heteroatoms. The maximum Gasteiger partial charge on any atom is 0.311 e. The molecule has 1 aromatic rings. The summed E-state index contributed by atoms with van der Waals surface area (Å²) in [6, 6.07) is 6.85. The van der Waals surface area contributed by atoms with Crippen molar-refractivity contribution in [2.45, 2.75) is 178 Å². The van der Waals surface area contributed by atoms with Crippen LogP contribution in [0.1, 0.15) is 93.6 Å². The van der Waals surface area contributed by atoms with Crippen molar-refractivity contribution in [1.82, 2.24) is 10.2 Å². The number of ether oxygens (including phenoxy) is 8. The Morgan fingerprint density at radius 1 is 0.983 bits per heavy atom. The number of methoxy groups -OCH3 is 2. The molecule has 0 saturated carbocycles. The molecule has 0 amide bonds. The number of carbonyl (C=O) groups is 1. The van der Waals surface area contributed by atoms with Crippen LogP contribution in [0.25, 0.3) is 0 Å². The van der Waals surface area contributed by atoms with Gasteiger partial charge in [-0.2, -0.15) is 0 Å². The normalized spacial score (nSPS) is 45.4. The van der Waals surface area contributed by atoms with Gasteiger partial charge in [-0.25, -0.2) is 0 Å².